The van der Waals surface area contributed by atoms with E-state index in [1.807, 2.05) is 31.3 Å². The van der Waals surface area contributed by atoms with Gasteiger partial charge in [0.05, 0.1) is 0 Å². The van der Waals surface area contributed by atoms with E-state index in [0.29, 0.717) is 27.7 Å². The predicted molar refractivity (Wildman–Crippen MR) is 119 cm³/mol. The number of halogens is 2. The number of anilines is 2. The van der Waals surface area contributed by atoms with Crippen molar-refractivity contribution in [3.63, 3.8) is 0 Å². The SMILES string of the molecule is Cc1cc(N2CCC(Nc3nc4c(-c5ccc(Cl)cc5F)cccn4n3)CC2)ncn1. The van der Waals surface area contributed by atoms with Gasteiger partial charge in [-0.3, -0.25) is 0 Å². The molecule has 31 heavy (non-hydrogen) atoms. The van der Waals surface area contributed by atoms with Gasteiger partial charge in [-0.25, -0.2) is 18.9 Å². The highest BCUT2D eigenvalue weighted by Gasteiger charge is 2.22. The van der Waals surface area contributed by atoms with E-state index in [-0.39, 0.29) is 11.9 Å². The third kappa shape index (κ3) is 4.03. The lowest BCUT2D eigenvalue weighted by atomic mass is 10.1. The molecule has 7 nitrogen and oxygen atoms in total. The molecule has 0 radical (unpaired) electrons. The molecule has 0 amide bonds. The van der Waals surface area contributed by atoms with Crippen LogP contribution in [-0.2, 0) is 0 Å². The third-order valence-electron chi connectivity index (χ3n) is 5.53. The first-order valence-electron chi connectivity index (χ1n) is 10.2. The zero-order chi connectivity index (χ0) is 21.4. The predicted octanol–water partition coefficient (Wildman–Crippen LogP) is 4.37. The second-order valence-electron chi connectivity index (χ2n) is 7.67. The highest BCUT2D eigenvalue weighted by molar-refractivity contribution is 6.30. The Hall–Kier alpha value is -3.26. The molecule has 1 N–H and O–H groups in total. The third-order valence-corrected chi connectivity index (χ3v) is 5.76. The summed E-state index contributed by atoms with van der Waals surface area (Å²) in [5, 5.41) is 8.34. The minimum Gasteiger partial charge on any atom is -0.356 e. The second kappa shape index (κ2) is 8.11. The molecule has 0 bridgehead atoms. The summed E-state index contributed by atoms with van der Waals surface area (Å²) >= 11 is 5.90. The van der Waals surface area contributed by atoms with Gasteiger partial charge in [0, 0.05) is 53.2 Å². The summed E-state index contributed by atoms with van der Waals surface area (Å²) in [5.41, 5.74) is 2.68. The number of benzene rings is 1. The maximum Gasteiger partial charge on any atom is 0.243 e. The van der Waals surface area contributed by atoms with Crippen LogP contribution in [0.2, 0.25) is 5.02 Å². The van der Waals surface area contributed by atoms with Crippen molar-refractivity contribution in [3.05, 3.63) is 65.5 Å². The fraction of sp³-hybridized carbons (Fsp3) is 0.273. The van der Waals surface area contributed by atoms with Gasteiger partial charge >= 0.3 is 0 Å². The lowest BCUT2D eigenvalue weighted by Gasteiger charge is -2.32. The molecule has 0 aliphatic carbocycles. The van der Waals surface area contributed by atoms with Crippen LogP contribution in [-0.4, -0.2) is 43.7 Å². The molecule has 1 fully saturated rings. The molecule has 1 saturated heterocycles. The first kappa shape index (κ1) is 19.7. The smallest absolute Gasteiger partial charge is 0.243 e. The van der Waals surface area contributed by atoms with Gasteiger partial charge in [0.25, 0.3) is 0 Å². The minimum absolute atomic E-state index is 0.257. The van der Waals surface area contributed by atoms with Gasteiger partial charge < -0.3 is 10.2 Å². The Morgan fingerprint density at radius 1 is 1.10 bits per heavy atom. The van der Waals surface area contributed by atoms with E-state index in [4.69, 9.17) is 11.6 Å². The van der Waals surface area contributed by atoms with Crippen molar-refractivity contribution in [2.75, 3.05) is 23.3 Å². The molecule has 4 heterocycles. The van der Waals surface area contributed by atoms with Gasteiger partial charge in [0.15, 0.2) is 5.65 Å². The molecule has 0 atom stereocenters. The number of aromatic nitrogens is 5. The zero-order valence-corrected chi connectivity index (χ0v) is 17.7. The summed E-state index contributed by atoms with van der Waals surface area (Å²) in [6.45, 7) is 3.75. The number of nitrogens with one attached hydrogen (secondary N) is 1. The summed E-state index contributed by atoms with van der Waals surface area (Å²) in [5.74, 6) is 1.12. The van der Waals surface area contributed by atoms with Crippen molar-refractivity contribution in [2.45, 2.75) is 25.8 Å². The first-order chi connectivity index (χ1) is 15.1. The molecule has 5 rings (SSSR count). The standard InChI is InChI=1S/C22H21ClFN7/c1-14-11-20(26-13-25-14)30-9-6-16(7-10-30)27-22-28-21-18(3-2-8-31(21)29-22)17-5-4-15(23)12-19(17)24/h2-5,8,11-13,16H,6-7,9-10H2,1H3,(H,27,29). The summed E-state index contributed by atoms with van der Waals surface area (Å²) in [7, 11) is 0. The maximum atomic E-state index is 14.5. The first-order valence-corrected chi connectivity index (χ1v) is 10.6. The average molecular weight is 438 g/mol. The Labute approximate surface area is 183 Å². The van der Waals surface area contributed by atoms with Crippen LogP contribution in [0.4, 0.5) is 16.2 Å². The fourth-order valence-electron chi connectivity index (χ4n) is 3.93. The maximum absolute atomic E-state index is 14.5. The Kier molecular flexibility index (Phi) is 5.15. The molecule has 158 valence electrons. The van der Waals surface area contributed by atoms with E-state index < -0.39 is 0 Å². The largest absolute Gasteiger partial charge is 0.356 e. The van der Waals surface area contributed by atoms with E-state index in [0.717, 1.165) is 37.4 Å². The number of aryl methyl sites for hydroxylation is 1. The lowest BCUT2D eigenvalue weighted by molar-refractivity contribution is 0.520. The Morgan fingerprint density at radius 3 is 2.71 bits per heavy atom. The van der Waals surface area contributed by atoms with Crippen LogP contribution in [0.15, 0.2) is 48.9 Å². The van der Waals surface area contributed by atoms with Crippen LogP contribution >= 0.6 is 11.6 Å². The summed E-state index contributed by atoms with van der Waals surface area (Å²) in [6, 6.07) is 10.6. The Bertz CT molecular complexity index is 1230. The number of pyridine rings is 1. The van der Waals surface area contributed by atoms with Crippen molar-refractivity contribution < 1.29 is 4.39 Å². The quantitative estimate of drug-likeness (QED) is 0.511. The average Bonchev–Trinajstić information content (AvgIpc) is 3.17. The van der Waals surface area contributed by atoms with Gasteiger partial charge in [-0.05, 0) is 50.1 Å². The van der Waals surface area contributed by atoms with Gasteiger partial charge in [-0.1, -0.05) is 11.6 Å². The summed E-state index contributed by atoms with van der Waals surface area (Å²) in [4.78, 5) is 15.5. The number of fused-ring (bicyclic) bond motifs is 1. The van der Waals surface area contributed by atoms with Gasteiger partial charge in [0.2, 0.25) is 5.95 Å². The number of nitrogens with zero attached hydrogens (tertiary/aromatic N) is 6. The lowest BCUT2D eigenvalue weighted by Crippen LogP contribution is -2.39. The number of rotatable bonds is 4. The molecule has 0 spiro atoms. The van der Waals surface area contributed by atoms with Crippen LogP contribution < -0.4 is 10.2 Å². The normalized spacial score (nSPS) is 14.9. The zero-order valence-electron chi connectivity index (χ0n) is 17.0. The van der Waals surface area contributed by atoms with E-state index in [2.05, 4.69) is 30.3 Å². The molecule has 9 heteroatoms. The van der Waals surface area contributed by atoms with Crippen molar-refractivity contribution in [1.29, 1.82) is 0 Å². The van der Waals surface area contributed by atoms with Gasteiger partial charge in [-0.15, -0.1) is 5.10 Å². The van der Waals surface area contributed by atoms with Crippen molar-refractivity contribution in [3.8, 4) is 11.1 Å². The highest BCUT2D eigenvalue weighted by atomic mass is 35.5. The van der Waals surface area contributed by atoms with Crippen LogP contribution in [0.25, 0.3) is 16.8 Å². The Morgan fingerprint density at radius 2 is 1.94 bits per heavy atom. The number of piperidine rings is 1. The molecule has 1 aliphatic heterocycles. The van der Waals surface area contributed by atoms with Crippen molar-refractivity contribution >= 4 is 29.0 Å². The van der Waals surface area contributed by atoms with Crippen LogP contribution in [0.3, 0.4) is 0 Å². The van der Waals surface area contributed by atoms with Crippen LogP contribution in [0.1, 0.15) is 18.5 Å². The van der Waals surface area contributed by atoms with E-state index >= 15 is 0 Å². The number of hydrogen-bond acceptors (Lipinski definition) is 6. The molecular weight excluding hydrogens is 417 g/mol. The molecule has 0 unspecified atom stereocenters. The molecule has 1 aromatic carbocycles. The second-order valence-corrected chi connectivity index (χ2v) is 8.11. The summed E-state index contributed by atoms with van der Waals surface area (Å²) < 4.78 is 16.1. The van der Waals surface area contributed by atoms with E-state index in [1.54, 1.807) is 23.0 Å². The highest BCUT2D eigenvalue weighted by Crippen LogP contribution is 2.29. The van der Waals surface area contributed by atoms with E-state index in [9.17, 15) is 4.39 Å². The van der Waals surface area contributed by atoms with Gasteiger partial charge in [0.1, 0.15) is 18.0 Å². The minimum atomic E-state index is -0.384. The molecule has 1 aliphatic rings. The summed E-state index contributed by atoms with van der Waals surface area (Å²) in [6.07, 6.45) is 5.30. The Balaban J connectivity index is 1.33. The monoisotopic (exact) mass is 437 g/mol. The van der Waals surface area contributed by atoms with Crippen molar-refractivity contribution in [1.82, 2.24) is 24.6 Å². The van der Waals surface area contributed by atoms with Crippen LogP contribution in [0, 0.1) is 12.7 Å². The van der Waals surface area contributed by atoms with Crippen LogP contribution in [0.5, 0.6) is 0 Å². The topological polar surface area (TPSA) is 71.2 Å². The molecule has 4 aromatic rings. The molecular formula is C22H21ClFN7. The van der Waals surface area contributed by atoms with E-state index in [1.165, 1.54) is 6.07 Å². The molecule has 3 aromatic heterocycles. The van der Waals surface area contributed by atoms with Crippen molar-refractivity contribution in [2.24, 2.45) is 0 Å². The van der Waals surface area contributed by atoms with Gasteiger partial charge in [-0.2, -0.15) is 4.98 Å². The fourth-order valence-corrected chi connectivity index (χ4v) is 4.09. The number of hydrogen-bond donors (Lipinski definition) is 1. The molecule has 0 saturated carbocycles.